The summed E-state index contributed by atoms with van der Waals surface area (Å²) in [4.78, 5) is 2.53. The zero-order valence-corrected chi connectivity index (χ0v) is 11.6. The summed E-state index contributed by atoms with van der Waals surface area (Å²) in [6, 6.07) is 3.13. The van der Waals surface area contributed by atoms with E-state index in [1.807, 2.05) is 0 Å². The molecule has 0 amide bonds. The Morgan fingerprint density at radius 1 is 1.35 bits per heavy atom. The molecule has 2 unspecified atom stereocenters. The maximum atomic E-state index is 9.41. The fraction of sp³-hybridized carbons (Fsp3) is 0.929. The minimum absolute atomic E-state index is 0.248. The molecule has 3 nitrogen and oxygen atoms in total. The quantitative estimate of drug-likeness (QED) is 0.739. The van der Waals surface area contributed by atoms with E-state index in [2.05, 4.69) is 37.1 Å². The Labute approximate surface area is 106 Å². The van der Waals surface area contributed by atoms with Crippen LogP contribution < -0.4 is 5.32 Å². The highest BCUT2D eigenvalue weighted by molar-refractivity contribution is 5.13. The van der Waals surface area contributed by atoms with Gasteiger partial charge in [0.25, 0.3) is 0 Å². The van der Waals surface area contributed by atoms with Gasteiger partial charge in [0.1, 0.15) is 5.54 Å². The first-order valence-corrected chi connectivity index (χ1v) is 7.11. The highest BCUT2D eigenvalue weighted by Crippen LogP contribution is 2.32. The molecule has 0 aliphatic heterocycles. The predicted molar refractivity (Wildman–Crippen MR) is 71.8 cm³/mol. The number of nitrogens with zero attached hydrogens (tertiary/aromatic N) is 2. The summed E-state index contributed by atoms with van der Waals surface area (Å²) in [6.07, 6.45) is 5.47. The molecule has 17 heavy (non-hydrogen) atoms. The summed E-state index contributed by atoms with van der Waals surface area (Å²) in [7, 11) is 0. The van der Waals surface area contributed by atoms with E-state index < -0.39 is 0 Å². The average molecular weight is 237 g/mol. The third kappa shape index (κ3) is 3.69. The first-order chi connectivity index (χ1) is 8.21. The Kier molecular flexibility index (Phi) is 5.94. The minimum Gasteiger partial charge on any atom is -0.301 e. The van der Waals surface area contributed by atoms with Crippen LogP contribution in [0.4, 0.5) is 0 Å². The van der Waals surface area contributed by atoms with Crippen LogP contribution in [0, 0.1) is 11.3 Å². The Morgan fingerprint density at radius 2 is 2.12 bits per heavy atom. The molecule has 98 valence electrons. The minimum atomic E-state index is -0.248. The van der Waals surface area contributed by atoms with Crippen LogP contribution in [0.3, 0.4) is 0 Å². The maximum Gasteiger partial charge on any atom is 0.108 e. The lowest BCUT2D eigenvalue weighted by Crippen LogP contribution is -2.44. The molecule has 1 aliphatic rings. The monoisotopic (exact) mass is 237 g/mol. The SMILES string of the molecule is CCCNC1(C#N)CCC(N(CC)CCC)C1. The van der Waals surface area contributed by atoms with Crippen LogP contribution in [-0.4, -0.2) is 36.1 Å². The van der Waals surface area contributed by atoms with Gasteiger partial charge in [0.15, 0.2) is 0 Å². The average Bonchev–Trinajstić information content (AvgIpc) is 2.78. The molecule has 1 fully saturated rings. The van der Waals surface area contributed by atoms with Crippen LogP contribution >= 0.6 is 0 Å². The van der Waals surface area contributed by atoms with Crippen molar-refractivity contribution in [2.24, 2.45) is 0 Å². The van der Waals surface area contributed by atoms with Gasteiger partial charge in [-0.3, -0.25) is 5.32 Å². The lowest BCUT2D eigenvalue weighted by atomic mass is 9.99. The van der Waals surface area contributed by atoms with Crippen molar-refractivity contribution in [1.29, 1.82) is 5.26 Å². The van der Waals surface area contributed by atoms with Gasteiger partial charge in [-0.15, -0.1) is 0 Å². The Bertz CT molecular complexity index is 259. The summed E-state index contributed by atoms with van der Waals surface area (Å²) in [5.41, 5.74) is -0.248. The summed E-state index contributed by atoms with van der Waals surface area (Å²) < 4.78 is 0. The maximum absolute atomic E-state index is 9.41. The summed E-state index contributed by atoms with van der Waals surface area (Å²) in [6.45, 7) is 9.83. The van der Waals surface area contributed by atoms with Crippen LogP contribution in [0.25, 0.3) is 0 Å². The number of hydrogen-bond acceptors (Lipinski definition) is 3. The second-order valence-corrected chi connectivity index (χ2v) is 5.15. The summed E-state index contributed by atoms with van der Waals surface area (Å²) in [5.74, 6) is 0. The van der Waals surface area contributed by atoms with Gasteiger partial charge in [-0.1, -0.05) is 20.8 Å². The fourth-order valence-corrected chi connectivity index (χ4v) is 2.88. The highest BCUT2D eigenvalue weighted by atomic mass is 15.2. The molecule has 0 saturated heterocycles. The topological polar surface area (TPSA) is 39.1 Å². The lowest BCUT2D eigenvalue weighted by Gasteiger charge is -2.29. The number of rotatable bonds is 7. The van der Waals surface area contributed by atoms with E-state index in [0.717, 1.165) is 45.3 Å². The standard InChI is InChI=1S/C14H27N3/c1-4-9-16-14(12-15)8-7-13(11-14)17(6-3)10-5-2/h13,16H,4-11H2,1-3H3. The third-order valence-electron chi connectivity index (χ3n) is 3.85. The molecule has 0 spiro atoms. The summed E-state index contributed by atoms with van der Waals surface area (Å²) in [5, 5.41) is 12.9. The Morgan fingerprint density at radius 3 is 2.65 bits per heavy atom. The van der Waals surface area contributed by atoms with Crippen molar-refractivity contribution in [3.8, 4) is 6.07 Å². The number of nitrogens with one attached hydrogen (secondary N) is 1. The van der Waals surface area contributed by atoms with Crippen molar-refractivity contribution in [2.45, 2.75) is 64.5 Å². The molecule has 0 heterocycles. The smallest absolute Gasteiger partial charge is 0.108 e. The van der Waals surface area contributed by atoms with E-state index in [4.69, 9.17) is 0 Å². The van der Waals surface area contributed by atoms with E-state index in [1.54, 1.807) is 0 Å². The zero-order chi connectivity index (χ0) is 12.7. The summed E-state index contributed by atoms with van der Waals surface area (Å²) >= 11 is 0. The van der Waals surface area contributed by atoms with Gasteiger partial charge >= 0.3 is 0 Å². The van der Waals surface area contributed by atoms with Crippen LogP contribution in [0.1, 0.15) is 52.9 Å². The molecule has 0 bridgehead atoms. The molecule has 1 aliphatic carbocycles. The molecular weight excluding hydrogens is 210 g/mol. The van der Waals surface area contributed by atoms with E-state index in [0.29, 0.717) is 6.04 Å². The zero-order valence-electron chi connectivity index (χ0n) is 11.6. The van der Waals surface area contributed by atoms with Gasteiger partial charge in [-0.2, -0.15) is 5.26 Å². The number of nitriles is 1. The fourth-order valence-electron chi connectivity index (χ4n) is 2.88. The molecule has 0 aromatic rings. The van der Waals surface area contributed by atoms with Crippen molar-refractivity contribution < 1.29 is 0 Å². The highest BCUT2D eigenvalue weighted by Gasteiger charge is 2.40. The molecular formula is C14H27N3. The largest absolute Gasteiger partial charge is 0.301 e. The van der Waals surface area contributed by atoms with Crippen molar-refractivity contribution in [2.75, 3.05) is 19.6 Å². The molecule has 0 aromatic carbocycles. The predicted octanol–water partition coefficient (Wildman–Crippen LogP) is 2.53. The molecule has 1 N–H and O–H groups in total. The van der Waals surface area contributed by atoms with Gasteiger partial charge in [0.05, 0.1) is 6.07 Å². The van der Waals surface area contributed by atoms with Crippen LogP contribution in [-0.2, 0) is 0 Å². The lowest BCUT2D eigenvalue weighted by molar-refractivity contribution is 0.202. The van der Waals surface area contributed by atoms with Crippen molar-refractivity contribution >= 4 is 0 Å². The van der Waals surface area contributed by atoms with Crippen molar-refractivity contribution in [3.63, 3.8) is 0 Å². The number of hydrogen-bond donors (Lipinski definition) is 1. The van der Waals surface area contributed by atoms with E-state index in [1.165, 1.54) is 6.42 Å². The first kappa shape index (κ1) is 14.5. The Hall–Kier alpha value is -0.590. The van der Waals surface area contributed by atoms with Crippen LogP contribution in [0.2, 0.25) is 0 Å². The van der Waals surface area contributed by atoms with E-state index >= 15 is 0 Å². The second kappa shape index (κ2) is 6.98. The molecule has 1 rings (SSSR count). The molecule has 2 atom stereocenters. The van der Waals surface area contributed by atoms with Gasteiger partial charge in [-0.25, -0.2) is 0 Å². The van der Waals surface area contributed by atoms with Gasteiger partial charge in [0, 0.05) is 6.04 Å². The van der Waals surface area contributed by atoms with Crippen LogP contribution in [0.15, 0.2) is 0 Å². The normalized spacial score (nSPS) is 28.5. The molecule has 3 heteroatoms. The third-order valence-corrected chi connectivity index (χ3v) is 3.85. The van der Waals surface area contributed by atoms with Gasteiger partial charge in [-0.05, 0) is 51.7 Å². The van der Waals surface area contributed by atoms with Gasteiger partial charge < -0.3 is 4.90 Å². The van der Waals surface area contributed by atoms with Crippen molar-refractivity contribution in [3.05, 3.63) is 0 Å². The van der Waals surface area contributed by atoms with Gasteiger partial charge in [0.2, 0.25) is 0 Å². The van der Waals surface area contributed by atoms with Crippen molar-refractivity contribution in [1.82, 2.24) is 10.2 Å². The first-order valence-electron chi connectivity index (χ1n) is 7.11. The Balaban J connectivity index is 2.56. The van der Waals surface area contributed by atoms with E-state index in [-0.39, 0.29) is 5.54 Å². The second-order valence-electron chi connectivity index (χ2n) is 5.15. The molecule has 1 saturated carbocycles. The molecule has 0 aromatic heterocycles. The van der Waals surface area contributed by atoms with Crippen LogP contribution in [0.5, 0.6) is 0 Å². The van der Waals surface area contributed by atoms with E-state index in [9.17, 15) is 5.26 Å². The molecule has 0 radical (unpaired) electrons.